The third kappa shape index (κ3) is 2.16. The van der Waals surface area contributed by atoms with E-state index < -0.39 is 0 Å². The monoisotopic (exact) mass is 249 g/mol. The molecule has 1 aromatic rings. The molecular formula is C12H15N3OS. The molecule has 4 nitrogen and oxygen atoms in total. The number of hydrogen-bond donors (Lipinski definition) is 0. The van der Waals surface area contributed by atoms with Gasteiger partial charge in [0.2, 0.25) is 0 Å². The van der Waals surface area contributed by atoms with E-state index in [0.29, 0.717) is 5.56 Å². The molecule has 0 radical (unpaired) electrons. The Balaban J connectivity index is 1.84. The van der Waals surface area contributed by atoms with Crippen molar-refractivity contribution in [2.75, 3.05) is 19.3 Å². The van der Waals surface area contributed by atoms with Gasteiger partial charge in [0.05, 0.1) is 11.3 Å². The molecule has 1 aliphatic heterocycles. The molecule has 0 aromatic carbocycles. The molecule has 0 unspecified atom stereocenters. The van der Waals surface area contributed by atoms with Gasteiger partial charge in [-0.2, -0.15) is 0 Å². The van der Waals surface area contributed by atoms with E-state index >= 15 is 0 Å². The third-order valence-electron chi connectivity index (χ3n) is 3.34. The van der Waals surface area contributed by atoms with Crippen molar-refractivity contribution in [2.24, 2.45) is 5.92 Å². The molecule has 0 bridgehead atoms. The maximum Gasteiger partial charge on any atom is 0.257 e. The van der Waals surface area contributed by atoms with Gasteiger partial charge in [0, 0.05) is 25.7 Å². The molecule has 1 saturated carbocycles. The normalized spacial score (nSPS) is 19.4. The van der Waals surface area contributed by atoms with Gasteiger partial charge in [-0.25, -0.2) is 9.97 Å². The Morgan fingerprint density at radius 2 is 2.35 bits per heavy atom. The Morgan fingerprint density at radius 1 is 1.53 bits per heavy atom. The zero-order chi connectivity index (χ0) is 11.8. The van der Waals surface area contributed by atoms with Crippen LogP contribution in [0.1, 0.15) is 28.9 Å². The van der Waals surface area contributed by atoms with Gasteiger partial charge in [0.25, 0.3) is 5.91 Å². The minimum absolute atomic E-state index is 0.116. The lowest BCUT2D eigenvalue weighted by molar-refractivity contribution is 0.0728. The van der Waals surface area contributed by atoms with Crippen LogP contribution in [0.3, 0.4) is 0 Å². The number of hydrogen-bond acceptors (Lipinski definition) is 4. The zero-order valence-corrected chi connectivity index (χ0v) is 10.7. The fourth-order valence-electron chi connectivity index (χ4n) is 2.17. The number of amides is 1. The third-order valence-corrected chi connectivity index (χ3v) is 3.90. The molecule has 1 aliphatic carbocycles. The first-order valence-corrected chi connectivity index (χ1v) is 7.19. The summed E-state index contributed by atoms with van der Waals surface area (Å²) in [7, 11) is 0. The molecule has 1 aromatic heterocycles. The fraction of sp³-hybridized carbons (Fsp3) is 0.583. The topological polar surface area (TPSA) is 46.1 Å². The van der Waals surface area contributed by atoms with E-state index in [-0.39, 0.29) is 5.91 Å². The smallest absolute Gasteiger partial charge is 0.257 e. The van der Waals surface area contributed by atoms with E-state index in [1.807, 2.05) is 11.2 Å². The molecule has 1 amide bonds. The second-order valence-electron chi connectivity index (χ2n) is 4.66. The lowest BCUT2D eigenvalue weighted by atomic mass is 10.1. The Labute approximate surface area is 105 Å². The van der Waals surface area contributed by atoms with E-state index in [4.69, 9.17) is 0 Å². The molecule has 0 saturated heterocycles. The highest BCUT2D eigenvalue weighted by Gasteiger charge is 2.31. The number of thioether (sulfide) groups is 1. The van der Waals surface area contributed by atoms with Gasteiger partial charge >= 0.3 is 0 Å². The number of nitrogens with zero attached hydrogens (tertiary/aromatic N) is 3. The van der Waals surface area contributed by atoms with Gasteiger partial charge in [-0.05, 0) is 25.0 Å². The van der Waals surface area contributed by atoms with Crippen molar-refractivity contribution in [2.45, 2.75) is 24.4 Å². The molecule has 0 atom stereocenters. The van der Waals surface area contributed by atoms with E-state index in [9.17, 15) is 4.79 Å². The largest absolute Gasteiger partial charge is 0.338 e. The second-order valence-corrected chi connectivity index (χ2v) is 5.44. The number of fused-ring (bicyclic) bond motifs is 1. The van der Waals surface area contributed by atoms with Gasteiger partial charge in [-0.1, -0.05) is 11.8 Å². The maximum absolute atomic E-state index is 12.2. The van der Waals surface area contributed by atoms with Crippen LogP contribution in [0.15, 0.2) is 11.4 Å². The average Bonchev–Trinajstić information content (AvgIpc) is 3.16. The van der Waals surface area contributed by atoms with Crippen molar-refractivity contribution in [3.63, 3.8) is 0 Å². The predicted octanol–water partition coefficient (Wildman–Crippen LogP) is 1.61. The molecule has 2 aliphatic rings. The van der Waals surface area contributed by atoms with Crippen LogP contribution >= 0.6 is 11.8 Å². The lowest BCUT2D eigenvalue weighted by Gasteiger charge is -2.27. The van der Waals surface area contributed by atoms with Gasteiger partial charge in [0.1, 0.15) is 0 Å². The summed E-state index contributed by atoms with van der Waals surface area (Å²) in [5.41, 5.74) is 1.62. The molecule has 1 fully saturated rings. The first kappa shape index (κ1) is 11.0. The summed E-state index contributed by atoms with van der Waals surface area (Å²) < 4.78 is 0. The van der Waals surface area contributed by atoms with Crippen LogP contribution in [0.25, 0.3) is 0 Å². The highest BCUT2D eigenvalue weighted by molar-refractivity contribution is 7.98. The van der Waals surface area contributed by atoms with Gasteiger partial charge in [-0.3, -0.25) is 4.79 Å². The summed E-state index contributed by atoms with van der Waals surface area (Å²) in [6.45, 7) is 1.73. The van der Waals surface area contributed by atoms with E-state index in [1.54, 1.807) is 6.20 Å². The summed E-state index contributed by atoms with van der Waals surface area (Å²) in [5.74, 6) is 0.859. The Morgan fingerprint density at radius 3 is 3.06 bits per heavy atom. The molecule has 90 valence electrons. The van der Waals surface area contributed by atoms with Crippen LogP contribution in [0.2, 0.25) is 0 Å². The molecule has 2 heterocycles. The quantitative estimate of drug-likeness (QED) is 0.603. The lowest BCUT2D eigenvalue weighted by Crippen LogP contribution is -2.39. The Kier molecular flexibility index (Phi) is 2.78. The molecule has 17 heavy (non-hydrogen) atoms. The summed E-state index contributed by atoms with van der Waals surface area (Å²) in [4.78, 5) is 22.8. The molecule has 0 N–H and O–H groups in total. The summed E-state index contributed by atoms with van der Waals surface area (Å²) in [6.07, 6.45) is 7.06. The van der Waals surface area contributed by atoms with Crippen LogP contribution < -0.4 is 0 Å². The molecule has 3 rings (SSSR count). The summed E-state index contributed by atoms with van der Waals surface area (Å²) in [5, 5.41) is 0.757. The highest BCUT2D eigenvalue weighted by Crippen LogP contribution is 2.31. The Hall–Kier alpha value is -1.10. The van der Waals surface area contributed by atoms with Crippen molar-refractivity contribution >= 4 is 17.7 Å². The van der Waals surface area contributed by atoms with Crippen LogP contribution in [0, 0.1) is 5.92 Å². The molecular weight excluding hydrogens is 234 g/mol. The van der Waals surface area contributed by atoms with Crippen LogP contribution in [0.5, 0.6) is 0 Å². The number of aromatic nitrogens is 2. The minimum Gasteiger partial charge on any atom is -0.338 e. The van der Waals surface area contributed by atoms with Crippen molar-refractivity contribution in [1.29, 1.82) is 0 Å². The van der Waals surface area contributed by atoms with Crippen LogP contribution in [-0.4, -0.2) is 40.1 Å². The summed E-state index contributed by atoms with van der Waals surface area (Å²) >= 11 is 1.52. The van der Waals surface area contributed by atoms with Gasteiger partial charge in [0.15, 0.2) is 5.16 Å². The highest BCUT2D eigenvalue weighted by atomic mass is 32.2. The predicted molar refractivity (Wildman–Crippen MR) is 66.1 cm³/mol. The van der Waals surface area contributed by atoms with E-state index in [2.05, 4.69) is 9.97 Å². The van der Waals surface area contributed by atoms with Crippen LogP contribution in [-0.2, 0) is 6.42 Å². The second kappa shape index (κ2) is 4.29. The van der Waals surface area contributed by atoms with Gasteiger partial charge in [-0.15, -0.1) is 0 Å². The number of carbonyl (C=O) groups is 1. The number of carbonyl (C=O) groups excluding carboxylic acids is 1. The Bertz CT molecular complexity index is 459. The van der Waals surface area contributed by atoms with Gasteiger partial charge < -0.3 is 4.90 Å². The van der Waals surface area contributed by atoms with Crippen molar-refractivity contribution < 1.29 is 4.79 Å². The first-order valence-electron chi connectivity index (χ1n) is 5.97. The van der Waals surface area contributed by atoms with Crippen molar-refractivity contribution in [3.8, 4) is 0 Å². The van der Waals surface area contributed by atoms with E-state index in [1.165, 1.54) is 24.6 Å². The fourth-order valence-corrected chi connectivity index (χ4v) is 2.53. The molecule has 5 heteroatoms. The summed E-state index contributed by atoms with van der Waals surface area (Å²) in [6, 6.07) is 0. The maximum atomic E-state index is 12.2. The number of rotatable bonds is 3. The van der Waals surface area contributed by atoms with Crippen LogP contribution in [0.4, 0.5) is 0 Å². The average molecular weight is 249 g/mol. The standard InChI is InChI=1S/C12H15N3OS/c1-17-12-13-6-9-10(14-12)4-5-15(11(9)16)7-8-2-3-8/h6,8H,2-5,7H2,1H3. The van der Waals surface area contributed by atoms with Crippen molar-refractivity contribution in [1.82, 2.24) is 14.9 Å². The SMILES string of the molecule is CSc1ncc2c(n1)CCN(CC1CC1)C2=O. The minimum atomic E-state index is 0.116. The first-order chi connectivity index (χ1) is 8.28. The zero-order valence-electron chi connectivity index (χ0n) is 9.85. The van der Waals surface area contributed by atoms with Crippen molar-refractivity contribution in [3.05, 3.63) is 17.5 Å². The molecule has 0 spiro atoms. The van der Waals surface area contributed by atoms with E-state index in [0.717, 1.165) is 36.3 Å².